The molecule has 0 aliphatic carbocycles. The standard InChI is InChI=1S/C15H28O2/c1-5-6-7-10-15(4,17)11-8-9-13(2)12-14(3)16/h5-6,12,14,16-17H,7-11H2,1-4H3/b6-5?,13-12+. The van der Waals surface area contributed by atoms with E-state index >= 15 is 0 Å². The van der Waals surface area contributed by atoms with Crippen LogP contribution in [0.2, 0.25) is 0 Å². The fourth-order valence-corrected chi connectivity index (χ4v) is 1.93. The van der Waals surface area contributed by atoms with Gasteiger partial charge >= 0.3 is 0 Å². The Hall–Kier alpha value is -0.600. The van der Waals surface area contributed by atoms with Crippen LogP contribution in [-0.2, 0) is 0 Å². The van der Waals surface area contributed by atoms with E-state index in [1.165, 1.54) is 5.57 Å². The molecule has 2 N–H and O–H groups in total. The second-order valence-electron chi connectivity index (χ2n) is 5.21. The van der Waals surface area contributed by atoms with Crippen LogP contribution in [0.5, 0.6) is 0 Å². The first-order valence-corrected chi connectivity index (χ1v) is 6.56. The highest BCUT2D eigenvalue weighted by atomic mass is 16.3. The molecule has 100 valence electrons. The minimum absolute atomic E-state index is 0.370. The van der Waals surface area contributed by atoms with Crippen molar-refractivity contribution in [1.82, 2.24) is 0 Å². The average Bonchev–Trinajstić information content (AvgIpc) is 2.16. The Morgan fingerprint density at radius 3 is 2.53 bits per heavy atom. The number of aliphatic hydroxyl groups is 2. The van der Waals surface area contributed by atoms with Gasteiger partial charge in [-0.15, -0.1) is 0 Å². The molecule has 2 atom stereocenters. The van der Waals surface area contributed by atoms with E-state index in [2.05, 4.69) is 6.08 Å². The van der Waals surface area contributed by atoms with Crippen molar-refractivity contribution in [2.24, 2.45) is 0 Å². The van der Waals surface area contributed by atoms with Crippen molar-refractivity contribution in [1.29, 1.82) is 0 Å². The van der Waals surface area contributed by atoms with Crippen molar-refractivity contribution in [3.05, 3.63) is 23.8 Å². The van der Waals surface area contributed by atoms with Crippen LogP contribution < -0.4 is 0 Å². The highest BCUT2D eigenvalue weighted by Crippen LogP contribution is 2.21. The number of allylic oxidation sites excluding steroid dienone is 3. The summed E-state index contributed by atoms with van der Waals surface area (Å²) in [5.74, 6) is 0. The molecule has 2 unspecified atom stereocenters. The van der Waals surface area contributed by atoms with Gasteiger partial charge in [0.2, 0.25) is 0 Å². The molecule has 0 amide bonds. The molecule has 0 aromatic rings. The quantitative estimate of drug-likeness (QED) is 0.636. The van der Waals surface area contributed by atoms with E-state index in [9.17, 15) is 10.2 Å². The van der Waals surface area contributed by atoms with Crippen molar-refractivity contribution in [2.75, 3.05) is 0 Å². The maximum absolute atomic E-state index is 10.1. The minimum Gasteiger partial charge on any atom is -0.390 e. The second kappa shape index (κ2) is 8.48. The van der Waals surface area contributed by atoms with Gasteiger partial charge in [0.05, 0.1) is 11.7 Å². The summed E-state index contributed by atoms with van der Waals surface area (Å²) in [5.41, 5.74) is 0.634. The van der Waals surface area contributed by atoms with Crippen LogP contribution in [0, 0.1) is 0 Å². The Balaban J connectivity index is 3.86. The molecule has 0 fully saturated rings. The van der Waals surface area contributed by atoms with Crippen LogP contribution in [0.3, 0.4) is 0 Å². The fraction of sp³-hybridized carbons (Fsp3) is 0.733. The van der Waals surface area contributed by atoms with Gasteiger partial charge in [-0.3, -0.25) is 0 Å². The summed E-state index contributed by atoms with van der Waals surface area (Å²) in [7, 11) is 0. The van der Waals surface area contributed by atoms with Gasteiger partial charge in [0.1, 0.15) is 0 Å². The Bertz CT molecular complexity index is 250. The monoisotopic (exact) mass is 240 g/mol. The number of rotatable bonds is 8. The Kier molecular flexibility index (Phi) is 8.19. The maximum Gasteiger partial charge on any atom is 0.0695 e. The van der Waals surface area contributed by atoms with Crippen LogP contribution in [0.15, 0.2) is 23.8 Å². The van der Waals surface area contributed by atoms with E-state index in [-0.39, 0.29) is 6.10 Å². The Morgan fingerprint density at radius 1 is 1.35 bits per heavy atom. The summed E-state index contributed by atoms with van der Waals surface area (Å²) < 4.78 is 0. The fourth-order valence-electron chi connectivity index (χ4n) is 1.93. The third-order valence-electron chi connectivity index (χ3n) is 2.90. The zero-order valence-electron chi connectivity index (χ0n) is 11.7. The number of aliphatic hydroxyl groups excluding tert-OH is 1. The van der Waals surface area contributed by atoms with Gasteiger partial charge in [-0.1, -0.05) is 23.8 Å². The zero-order valence-corrected chi connectivity index (χ0v) is 11.7. The topological polar surface area (TPSA) is 40.5 Å². The molecule has 17 heavy (non-hydrogen) atoms. The molecule has 0 saturated heterocycles. The van der Waals surface area contributed by atoms with Gasteiger partial charge in [-0.25, -0.2) is 0 Å². The first kappa shape index (κ1) is 16.4. The smallest absolute Gasteiger partial charge is 0.0695 e. The van der Waals surface area contributed by atoms with E-state index < -0.39 is 5.60 Å². The molecule has 0 heterocycles. The van der Waals surface area contributed by atoms with E-state index in [1.54, 1.807) is 6.92 Å². The summed E-state index contributed by atoms with van der Waals surface area (Å²) in [6, 6.07) is 0. The summed E-state index contributed by atoms with van der Waals surface area (Å²) in [5, 5.41) is 19.3. The minimum atomic E-state index is -0.565. The van der Waals surface area contributed by atoms with E-state index in [0.717, 1.165) is 32.1 Å². The van der Waals surface area contributed by atoms with Crippen LogP contribution in [0.25, 0.3) is 0 Å². The normalized spacial score (nSPS) is 18.4. The summed E-state index contributed by atoms with van der Waals surface area (Å²) in [4.78, 5) is 0. The third-order valence-corrected chi connectivity index (χ3v) is 2.90. The molecule has 0 aromatic carbocycles. The predicted octanol–water partition coefficient (Wildman–Crippen LogP) is 3.59. The Labute approximate surface area is 106 Å². The molecule has 0 spiro atoms. The molecular formula is C15H28O2. The number of hydrogen-bond donors (Lipinski definition) is 2. The molecular weight excluding hydrogens is 212 g/mol. The van der Waals surface area contributed by atoms with Crippen molar-refractivity contribution >= 4 is 0 Å². The molecule has 2 heteroatoms. The first-order valence-electron chi connectivity index (χ1n) is 6.56. The predicted molar refractivity (Wildman–Crippen MR) is 74.0 cm³/mol. The SMILES string of the molecule is CC=CCCC(C)(O)CCC/C(C)=C/C(C)O. The third kappa shape index (κ3) is 10.3. The van der Waals surface area contributed by atoms with E-state index in [0.29, 0.717) is 0 Å². The van der Waals surface area contributed by atoms with Gasteiger partial charge in [-0.2, -0.15) is 0 Å². The summed E-state index contributed by atoms with van der Waals surface area (Å²) in [6.07, 6.45) is 10.1. The highest BCUT2D eigenvalue weighted by molar-refractivity contribution is 5.00. The van der Waals surface area contributed by atoms with Gasteiger partial charge < -0.3 is 10.2 Å². The van der Waals surface area contributed by atoms with Crippen molar-refractivity contribution in [2.45, 2.75) is 71.5 Å². The number of hydrogen-bond acceptors (Lipinski definition) is 2. The van der Waals surface area contributed by atoms with Crippen LogP contribution in [0.4, 0.5) is 0 Å². The molecule has 0 aliphatic heterocycles. The molecule has 2 nitrogen and oxygen atoms in total. The lowest BCUT2D eigenvalue weighted by atomic mass is 9.92. The summed E-state index contributed by atoms with van der Waals surface area (Å²) >= 11 is 0. The highest BCUT2D eigenvalue weighted by Gasteiger charge is 2.18. The molecule has 0 aromatic heterocycles. The van der Waals surface area contributed by atoms with Gasteiger partial charge in [0.15, 0.2) is 0 Å². The second-order valence-corrected chi connectivity index (χ2v) is 5.21. The zero-order chi connectivity index (χ0) is 13.3. The molecule has 0 radical (unpaired) electrons. The van der Waals surface area contributed by atoms with Gasteiger partial charge in [0.25, 0.3) is 0 Å². The lowest BCUT2D eigenvalue weighted by Crippen LogP contribution is -2.23. The Morgan fingerprint density at radius 2 is 2.00 bits per heavy atom. The van der Waals surface area contributed by atoms with Crippen LogP contribution >= 0.6 is 0 Å². The van der Waals surface area contributed by atoms with E-state index in [1.807, 2.05) is 32.9 Å². The molecule has 0 aliphatic rings. The van der Waals surface area contributed by atoms with Gasteiger partial charge in [-0.05, 0) is 59.8 Å². The lowest BCUT2D eigenvalue weighted by Gasteiger charge is -2.22. The molecule has 0 saturated carbocycles. The van der Waals surface area contributed by atoms with Crippen molar-refractivity contribution < 1.29 is 10.2 Å². The lowest BCUT2D eigenvalue weighted by molar-refractivity contribution is 0.0410. The van der Waals surface area contributed by atoms with E-state index in [4.69, 9.17) is 0 Å². The maximum atomic E-state index is 10.1. The molecule has 0 bridgehead atoms. The molecule has 0 rings (SSSR count). The van der Waals surface area contributed by atoms with Crippen LogP contribution in [0.1, 0.15) is 59.8 Å². The van der Waals surface area contributed by atoms with Gasteiger partial charge in [0, 0.05) is 0 Å². The largest absolute Gasteiger partial charge is 0.390 e. The van der Waals surface area contributed by atoms with Crippen molar-refractivity contribution in [3.8, 4) is 0 Å². The summed E-state index contributed by atoms with van der Waals surface area (Å²) in [6.45, 7) is 7.70. The first-order chi connectivity index (χ1) is 7.87. The van der Waals surface area contributed by atoms with Crippen molar-refractivity contribution in [3.63, 3.8) is 0 Å². The average molecular weight is 240 g/mol. The van der Waals surface area contributed by atoms with Crippen LogP contribution in [-0.4, -0.2) is 21.9 Å².